The predicted octanol–water partition coefficient (Wildman–Crippen LogP) is 1.67. The topological polar surface area (TPSA) is 69.6 Å². The van der Waals surface area contributed by atoms with Crippen molar-refractivity contribution in [2.45, 2.75) is 12.8 Å². The van der Waals surface area contributed by atoms with Gasteiger partial charge in [-0.05, 0) is 37.1 Å². The molecule has 2 fully saturated rings. The van der Waals surface area contributed by atoms with Gasteiger partial charge in [0.1, 0.15) is 17.2 Å². The van der Waals surface area contributed by atoms with Crippen LogP contribution in [0.25, 0.3) is 0 Å². The number of likely N-dealkylation sites (tertiary alicyclic amines) is 1. The standard InChI is InChI=1S/C20H23N5O2/c26-19(24-10-3-4-11-24)16-6-5-7-17(22-16)20(27)25-14-12-23(13-15-25)18-8-1-2-9-21-18/h1-2,5-9H,3-4,10-15H2. The minimum absolute atomic E-state index is 0.0814. The maximum Gasteiger partial charge on any atom is 0.272 e. The monoisotopic (exact) mass is 365 g/mol. The number of piperazine rings is 1. The molecular weight excluding hydrogens is 342 g/mol. The fourth-order valence-corrected chi connectivity index (χ4v) is 3.60. The van der Waals surface area contributed by atoms with Crippen molar-refractivity contribution < 1.29 is 9.59 Å². The summed E-state index contributed by atoms with van der Waals surface area (Å²) in [5.41, 5.74) is 0.696. The number of rotatable bonds is 3. The van der Waals surface area contributed by atoms with Crippen LogP contribution in [0.15, 0.2) is 42.6 Å². The molecule has 2 aromatic rings. The van der Waals surface area contributed by atoms with Crippen molar-refractivity contribution in [1.29, 1.82) is 0 Å². The average Bonchev–Trinajstić information content (AvgIpc) is 3.28. The Morgan fingerprint density at radius 2 is 1.37 bits per heavy atom. The van der Waals surface area contributed by atoms with Crippen LogP contribution in [-0.4, -0.2) is 70.9 Å². The molecule has 0 aliphatic carbocycles. The van der Waals surface area contributed by atoms with E-state index in [1.54, 1.807) is 29.3 Å². The number of hydrogen-bond acceptors (Lipinski definition) is 5. The second-order valence-electron chi connectivity index (χ2n) is 6.87. The first-order chi connectivity index (χ1) is 13.2. The number of carbonyl (C=O) groups excluding carboxylic acids is 2. The summed E-state index contributed by atoms with van der Waals surface area (Å²) < 4.78 is 0. The molecule has 2 amide bonds. The van der Waals surface area contributed by atoms with E-state index in [0.29, 0.717) is 24.5 Å². The van der Waals surface area contributed by atoms with Gasteiger partial charge in [-0.3, -0.25) is 9.59 Å². The van der Waals surface area contributed by atoms with E-state index in [1.807, 2.05) is 23.1 Å². The Hall–Kier alpha value is -2.96. The molecular formula is C20H23N5O2. The lowest BCUT2D eigenvalue weighted by atomic mass is 10.2. The summed E-state index contributed by atoms with van der Waals surface area (Å²) in [4.78, 5) is 39.9. The Morgan fingerprint density at radius 3 is 1.96 bits per heavy atom. The fraction of sp³-hybridized carbons (Fsp3) is 0.400. The normalized spacial score (nSPS) is 17.3. The molecule has 0 radical (unpaired) electrons. The summed E-state index contributed by atoms with van der Waals surface area (Å²) in [6.07, 6.45) is 3.84. The van der Waals surface area contributed by atoms with Gasteiger partial charge in [0.25, 0.3) is 11.8 Å². The van der Waals surface area contributed by atoms with Gasteiger partial charge in [0.15, 0.2) is 0 Å². The van der Waals surface area contributed by atoms with Gasteiger partial charge in [0.2, 0.25) is 0 Å². The lowest BCUT2D eigenvalue weighted by Crippen LogP contribution is -2.49. The van der Waals surface area contributed by atoms with E-state index < -0.39 is 0 Å². The van der Waals surface area contributed by atoms with E-state index in [1.165, 1.54) is 0 Å². The van der Waals surface area contributed by atoms with Gasteiger partial charge in [0.05, 0.1) is 0 Å². The summed E-state index contributed by atoms with van der Waals surface area (Å²) >= 11 is 0. The zero-order valence-electron chi connectivity index (χ0n) is 15.3. The zero-order valence-corrected chi connectivity index (χ0v) is 15.3. The van der Waals surface area contributed by atoms with Crippen molar-refractivity contribution in [2.75, 3.05) is 44.2 Å². The van der Waals surface area contributed by atoms with Gasteiger partial charge in [-0.15, -0.1) is 0 Å². The zero-order chi connectivity index (χ0) is 18.6. The third kappa shape index (κ3) is 3.77. The summed E-state index contributed by atoms with van der Waals surface area (Å²) in [6, 6.07) is 11.0. The van der Waals surface area contributed by atoms with E-state index in [-0.39, 0.29) is 11.8 Å². The van der Waals surface area contributed by atoms with Crippen LogP contribution in [0.3, 0.4) is 0 Å². The summed E-state index contributed by atoms with van der Waals surface area (Å²) in [5, 5.41) is 0. The third-order valence-corrected chi connectivity index (χ3v) is 5.12. The number of hydrogen-bond donors (Lipinski definition) is 0. The van der Waals surface area contributed by atoms with Crippen LogP contribution in [-0.2, 0) is 0 Å². The van der Waals surface area contributed by atoms with E-state index in [2.05, 4.69) is 14.9 Å². The lowest BCUT2D eigenvalue weighted by Gasteiger charge is -2.35. The van der Waals surface area contributed by atoms with E-state index in [9.17, 15) is 9.59 Å². The molecule has 4 heterocycles. The number of amides is 2. The van der Waals surface area contributed by atoms with E-state index >= 15 is 0 Å². The minimum atomic E-state index is -0.119. The highest BCUT2D eigenvalue weighted by molar-refractivity contribution is 5.96. The van der Waals surface area contributed by atoms with Crippen LogP contribution in [0.4, 0.5) is 5.82 Å². The predicted molar refractivity (Wildman–Crippen MR) is 102 cm³/mol. The molecule has 140 valence electrons. The summed E-state index contributed by atoms with van der Waals surface area (Å²) in [6.45, 7) is 4.23. The number of nitrogens with zero attached hydrogens (tertiary/aromatic N) is 5. The molecule has 2 saturated heterocycles. The fourth-order valence-electron chi connectivity index (χ4n) is 3.60. The summed E-state index contributed by atoms with van der Waals surface area (Å²) in [7, 11) is 0. The van der Waals surface area contributed by atoms with Crippen LogP contribution in [0, 0.1) is 0 Å². The molecule has 0 saturated carbocycles. The van der Waals surface area contributed by atoms with Gasteiger partial charge < -0.3 is 14.7 Å². The Balaban J connectivity index is 1.41. The first-order valence-corrected chi connectivity index (χ1v) is 9.44. The van der Waals surface area contributed by atoms with Crippen molar-refractivity contribution in [3.63, 3.8) is 0 Å². The van der Waals surface area contributed by atoms with Crippen LogP contribution >= 0.6 is 0 Å². The molecule has 4 rings (SSSR count). The Labute approximate surface area is 158 Å². The van der Waals surface area contributed by atoms with Crippen LogP contribution in [0.2, 0.25) is 0 Å². The average molecular weight is 365 g/mol. The largest absolute Gasteiger partial charge is 0.353 e. The molecule has 7 nitrogen and oxygen atoms in total. The minimum Gasteiger partial charge on any atom is -0.353 e. The SMILES string of the molecule is O=C(c1cccc(C(=O)N2CCN(c3ccccn3)CC2)n1)N1CCCC1. The molecule has 0 unspecified atom stereocenters. The highest BCUT2D eigenvalue weighted by Crippen LogP contribution is 2.15. The van der Waals surface area contributed by atoms with Gasteiger partial charge in [0, 0.05) is 45.5 Å². The molecule has 2 aliphatic rings. The maximum absolute atomic E-state index is 12.8. The smallest absolute Gasteiger partial charge is 0.272 e. The van der Waals surface area contributed by atoms with Gasteiger partial charge in [-0.1, -0.05) is 12.1 Å². The second-order valence-corrected chi connectivity index (χ2v) is 6.87. The van der Waals surface area contributed by atoms with E-state index in [0.717, 1.165) is 44.8 Å². The van der Waals surface area contributed by atoms with Crippen molar-refractivity contribution in [3.8, 4) is 0 Å². The first kappa shape index (κ1) is 17.5. The number of aromatic nitrogens is 2. The lowest BCUT2D eigenvalue weighted by molar-refractivity contribution is 0.0739. The molecule has 2 aromatic heterocycles. The van der Waals surface area contributed by atoms with Crippen molar-refractivity contribution in [2.24, 2.45) is 0 Å². The maximum atomic E-state index is 12.8. The highest BCUT2D eigenvalue weighted by atomic mass is 16.2. The van der Waals surface area contributed by atoms with Gasteiger partial charge >= 0.3 is 0 Å². The highest BCUT2D eigenvalue weighted by Gasteiger charge is 2.25. The Morgan fingerprint density at radius 1 is 0.741 bits per heavy atom. The molecule has 0 aromatic carbocycles. The first-order valence-electron chi connectivity index (χ1n) is 9.44. The molecule has 27 heavy (non-hydrogen) atoms. The number of carbonyl (C=O) groups is 2. The van der Waals surface area contributed by atoms with Crippen LogP contribution in [0.1, 0.15) is 33.8 Å². The van der Waals surface area contributed by atoms with Crippen LogP contribution < -0.4 is 4.90 Å². The van der Waals surface area contributed by atoms with Gasteiger partial charge in [-0.25, -0.2) is 9.97 Å². The van der Waals surface area contributed by atoms with Crippen molar-refractivity contribution >= 4 is 17.6 Å². The van der Waals surface area contributed by atoms with Crippen molar-refractivity contribution in [3.05, 3.63) is 54.0 Å². The molecule has 0 bridgehead atoms. The second kappa shape index (κ2) is 7.73. The van der Waals surface area contributed by atoms with Crippen LogP contribution in [0.5, 0.6) is 0 Å². The third-order valence-electron chi connectivity index (χ3n) is 5.12. The molecule has 0 spiro atoms. The molecule has 7 heteroatoms. The quantitative estimate of drug-likeness (QED) is 0.828. The van der Waals surface area contributed by atoms with E-state index in [4.69, 9.17) is 0 Å². The molecule has 0 N–H and O–H groups in total. The summed E-state index contributed by atoms with van der Waals surface area (Å²) in [5.74, 6) is 0.731. The molecule has 2 aliphatic heterocycles. The molecule has 0 atom stereocenters. The number of anilines is 1. The Kier molecular flexibility index (Phi) is 5.00. The number of pyridine rings is 2. The van der Waals surface area contributed by atoms with Crippen molar-refractivity contribution in [1.82, 2.24) is 19.8 Å². The van der Waals surface area contributed by atoms with Gasteiger partial charge in [-0.2, -0.15) is 0 Å². The Bertz CT molecular complexity index is 812.